The average molecular weight is 180 g/mol. The zero-order valence-corrected chi connectivity index (χ0v) is 7.32. The topological polar surface area (TPSA) is 38.7 Å². The van der Waals surface area contributed by atoms with Gasteiger partial charge in [-0.1, -0.05) is 6.07 Å². The Morgan fingerprint density at radius 3 is 3.15 bits per heavy atom. The number of aliphatic hydroxyl groups is 1. The molecule has 0 spiro atoms. The van der Waals surface area contributed by atoms with Crippen LogP contribution in [0.15, 0.2) is 18.2 Å². The molecule has 0 fully saturated rings. The lowest BCUT2D eigenvalue weighted by atomic mass is 10.1. The number of ether oxygens (including phenoxy) is 2. The third kappa shape index (κ3) is 1.82. The summed E-state index contributed by atoms with van der Waals surface area (Å²) in [6, 6.07) is 5.92. The summed E-state index contributed by atoms with van der Waals surface area (Å²) in [5.41, 5.74) is 2.19. The second-order valence-corrected chi connectivity index (χ2v) is 3.03. The molecule has 0 saturated heterocycles. The molecule has 70 valence electrons. The van der Waals surface area contributed by atoms with Crippen molar-refractivity contribution in [2.45, 2.75) is 13.0 Å². The van der Waals surface area contributed by atoms with Crippen molar-refractivity contribution in [2.75, 3.05) is 13.4 Å². The molecule has 1 aromatic carbocycles. The molecule has 0 saturated carbocycles. The van der Waals surface area contributed by atoms with Crippen molar-refractivity contribution in [3.05, 3.63) is 29.3 Å². The molecule has 0 radical (unpaired) electrons. The summed E-state index contributed by atoms with van der Waals surface area (Å²) >= 11 is 0. The smallest absolute Gasteiger partial charge is 0.189 e. The van der Waals surface area contributed by atoms with E-state index >= 15 is 0 Å². The molecular formula is C10H12O3. The van der Waals surface area contributed by atoms with Gasteiger partial charge in [-0.25, -0.2) is 0 Å². The predicted octanol–water partition coefficient (Wildman–Crippen LogP) is 1.09. The number of hydrogen-bond acceptors (Lipinski definition) is 3. The first-order valence-corrected chi connectivity index (χ1v) is 4.33. The van der Waals surface area contributed by atoms with Crippen molar-refractivity contribution in [1.29, 1.82) is 0 Å². The molecule has 1 aliphatic rings. The molecule has 0 unspecified atom stereocenters. The molecule has 0 aromatic heterocycles. The quantitative estimate of drug-likeness (QED) is 0.740. The van der Waals surface area contributed by atoms with E-state index in [9.17, 15) is 0 Å². The summed E-state index contributed by atoms with van der Waals surface area (Å²) in [6.45, 7) is 1.13. The van der Waals surface area contributed by atoms with Crippen molar-refractivity contribution in [1.82, 2.24) is 0 Å². The van der Waals surface area contributed by atoms with E-state index in [0.29, 0.717) is 19.8 Å². The second-order valence-electron chi connectivity index (χ2n) is 3.03. The van der Waals surface area contributed by atoms with E-state index in [2.05, 4.69) is 0 Å². The molecule has 13 heavy (non-hydrogen) atoms. The Bertz CT molecular complexity index is 296. The minimum Gasteiger partial charge on any atom is -0.467 e. The van der Waals surface area contributed by atoms with Crippen molar-refractivity contribution in [3.63, 3.8) is 0 Å². The van der Waals surface area contributed by atoms with Gasteiger partial charge in [0.05, 0.1) is 6.61 Å². The van der Waals surface area contributed by atoms with E-state index in [1.807, 2.05) is 18.2 Å². The predicted molar refractivity (Wildman–Crippen MR) is 47.5 cm³/mol. The Balaban J connectivity index is 2.24. The maximum absolute atomic E-state index is 8.76. The van der Waals surface area contributed by atoms with Crippen molar-refractivity contribution in [2.24, 2.45) is 0 Å². The van der Waals surface area contributed by atoms with Crippen LogP contribution in [0.5, 0.6) is 5.75 Å². The van der Waals surface area contributed by atoms with Crippen molar-refractivity contribution >= 4 is 0 Å². The fourth-order valence-electron chi connectivity index (χ4n) is 1.43. The molecule has 0 amide bonds. The zero-order chi connectivity index (χ0) is 9.10. The van der Waals surface area contributed by atoms with Crippen LogP contribution in [0.2, 0.25) is 0 Å². The SMILES string of the molecule is OCCc1ccc2c(c1)COCO2. The number of rotatable bonds is 2. The molecule has 0 aliphatic carbocycles. The van der Waals surface area contributed by atoms with Gasteiger partial charge in [-0.3, -0.25) is 0 Å². The van der Waals surface area contributed by atoms with Crippen LogP contribution in [-0.4, -0.2) is 18.5 Å². The molecule has 1 aliphatic heterocycles. The molecule has 1 heterocycles. The maximum atomic E-state index is 8.76. The molecule has 0 bridgehead atoms. The van der Waals surface area contributed by atoms with Gasteiger partial charge in [-0.05, 0) is 24.1 Å². The minimum absolute atomic E-state index is 0.181. The highest BCUT2D eigenvalue weighted by Crippen LogP contribution is 2.24. The number of hydrogen-bond donors (Lipinski definition) is 1. The molecule has 1 aromatic rings. The second kappa shape index (κ2) is 3.77. The highest BCUT2D eigenvalue weighted by atomic mass is 16.7. The van der Waals surface area contributed by atoms with E-state index in [4.69, 9.17) is 14.6 Å². The van der Waals surface area contributed by atoms with E-state index in [1.165, 1.54) is 0 Å². The first-order chi connectivity index (χ1) is 6.40. The Morgan fingerprint density at radius 1 is 1.38 bits per heavy atom. The lowest BCUT2D eigenvalue weighted by molar-refractivity contribution is -0.0164. The number of aliphatic hydroxyl groups excluding tert-OH is 1. The van der Waals surface area contributed by atoms with Crippen LogP contribution in [0.4, 0.5) is 0 Å². The summed E-state index contributed by atoms with van der Waals surface area (Å²) in [7, 11) is 0. The Kier molecular flexibility index (Phi) is 2.47. The van der Waals surface area contributed by atoms with Crippen LogP contribution in [0.1, 0.15) is 11.1 Å². The van der Waals surface area contributed by atoms with Gasteiger partial charge in [0.1, 0.15) is 5.75 Å². The van der Waals surface area contributed by atoms with E-state index in [-0.39, 0.29) is 6.61 Å². The summed E-state index contributed by atoms with van der Waals surface area (Å²) in [5, 5.41) is 8.76. The zero-order valence-electron chi connectivity index (χ0n) is 7.32. The van der Waals surface area contributed by atoms with E-state index in [1.54, 1.807) is 0 Å². The van der Waals surface area contributed by atoms with Gasteiger partial charge < -0.3 is 14.6 Å². The van der Waals surface area contributed by atoms with E-state index in [0.717, 1.165) is 16.9 Å². The largest absolute Gasteiger partial charge is 0.467 e. The Morgan fingerprint density at radius 2 is 2.31 bits per heavy atom. The number of benzene rings is 1. The first kappa shape index (κ1) is 8.53. The Labute approximate surface area is 76.9 Å². The van der Waals surface area contributed by atoms with Crippen LogP contribution in [0.25, 0.3) is 0 Å². The lowest BCUT2D eigenvalue weighted by Gasteiger charge is -2.17. The van der Waals surface area contributed by atoms with Crippen LogP contribution in [-0.2, 0) is 17.8 Å². The standard InChI is InChI=1S/C10H12O3/c11-4-3-8-1-2-10-9(5-8)6-12-7-13-10/h1-2,5,11H,3-4,6-7H2. The molecule has 1 N–H and O–H groups in total. The third-order valence-corrected chi connectivity index (χ3v) is 2.08. The van der Waals surface area contributed by atoms with Crippen molar-refractivity contribution in [3.8, 4) is 5.75 Å². The molecule has 2 rings (SSSR count). The van der Waals surface area contributed by atoms with Gasteiger partial charge >= 0.3 is 0 Å². The van der Waals surface area contributed by atoms with Gasteiger partial charge in [0.2, 0.25) is 0 Å². The van der Waals surface area contributed by atoms with Gasteiger partial charge in [0.25, 0.3) is 0 Å². The average Bonchev–Trinajstić information content (AvgIpc) is 2.18. The van der Waals surface area contributed by atoms with Crippen LogP contribution < -0.4 is 4.74 Å². The minimum atomic E-state index is 0.181. The van der Waals surface area contributed by atoms with Crippen molar-refractivity contribution < 1.29 is 14.6 Å². The summed E-state index contributed by atoms with van der Waals surface area (Å²) in [5.74, 6) is 0.896. The van der Waals surface area contributed by atoms with Gasteiger partial charge in [0, 0.05) is 12.2 Å². The molecule has 0 atom stereocenters. The van der Waals surface area contributed by atoms with Gasteiger partial charge in [0.15, 0.2) is 6.79 Å². The van der Waals surface area contributed by atoms with E-state index < -0.39 is 0 Å². The fraction of sp³-hybridized carbons (Fsp3) is 0.400. The highest BCUT2D eigenvalue weighted by Gasteiger charge is 2.09. The van der Waals surface area contributed by atoms with Crippen LogP contribution in [0.3, 0.4) is 0 Å². The summed E-state index contributed by atoms with van der Waals surface area (Å²) < 4.78 is 10.4. The maximum Gasteiger partial charge on any atom is 0.189 e. The third-order valence-electron chi connectivity index (χ3n) is 2.08. The summed E-state index contributed by atoms with van der Waals surface area (Å²) in [6.07, 6.45) is 0.688. The monoisotopic (exact) mass is 180 g/mol. The molecule has 3 heteroatoms. The summed E-state index contributed by atoms with van der Waals surface area (Å²) in [4.78, 5) is 0. The molecule has 3 nitrogen and oxygen atoms in total. The van der Waals surface area contributed by atoms with Crippen LogP contribution >= 0.6 is 0 Å². The normalized spacial score (nSPS) is 14.8. The van der Waals surface area contributed by atoms with Gasteiger partial charge in [-0.2, -0.15) is 0 Å². The van der Waals surface area contributed by atoms with Gasteiger partial charge in [-0.15, -0.1) is 0 Å². The highest BCUT2D eigenvalue weighted by molar-refractivity contribution is 5.37. The lowest BCUT2D eigenvalue weighted by Crippen LogP contribution is -2.11. The van der Waals surface area contributed by atoms with Crippen LogP contribution in [0, 0.1) is 0 Å². The Hall–Kier alpha value is -1.06. The first-order valence-electron chi connectivity index (χ1n) is 4.33. The molecular weight excluding hydrogens is 168 g/mol. The number of fused-ring (bicyclic) bond motifs is 1. The fourth-order valence-corrected chi connectivity index (χ4v) is 1.43.